The van der Waals surface area contributed by atoms with E-state index in [1.54, 1.807) is 20.8 Å². The summed E-state index contributed by atoms with van der Waals surface area (Å²) in [6.07, 6.45) is 8.92. The number of allylic oxidation sites excluding steroid dienone is 1. The minimum Gasteiger partial charge on any atom is -0.460 e. The minimum absolute atomic E-state index is 0.0813. The number of ether oxygens (including phenoxy) is 2. The lowest BCUT2D eigenvalue weighted by Gasteiger charge is -2.30. The van der Waals surface area contributed by atoms with Gasteiger partial charge in [0.05, 0.1) is 17.8 Å². The molecule has 0 aromatic rings. The number of esters is 1. The van der Waals surface area contributed by atoms with E-state index < -0.39 is 61.6 Å². The van der Waals surface area contributed by atoms with Crippen LogP contribution in [0.2, 0.25) is 0 Å². The van der Waals surface area contributed by atoms with Gasteiger partial charge in [-0.25, -0.2) is 8.42 Å². The van der Waals surface area contributed by atoms with E-state index in [4.69, 9.17) is 9.47 Å². The Labute approximate surface area is 237 Å². The summed E-state index contributed by atoms with van der Waals surface area (Å²) in [6, 6.07) is -0.890. The van der Waals surface area contributed by atoms with Crippen LogP contribution in [0.3, 0.4) is 0 Å². The molecule has 0 radical (unpaired) electrons. The van der Waals surface area contributed by atoms with Crippen LogP contribution in [0.15, 0.2) is 12.2 Å². The van der Waals surface area contributed by atoms with Crippen LogP contribution in [-0.2, 0) is 38.5 Å². The molecule has 2 aliphatic heterocycles. The van der Waals surface area contributed by atoms with E-state index in [9.17, 15) is 27.6 Å². The first-order valence-electron chi connectivity index (χ1n) is 14.5. The molecule has 4 rings (SSSR count). The number of Topliss-reactive ketones (excluding diaryl/α,β-unsaturated/α-hetero) is 1. The van der Waals surface area contributed by atoms with Crippen LogP contribution in [0.1, 0.15) is 85.0 Å². The van der Waals surface area contributed by atoms with Crippen LogP contribution in [0.5, 0.6) is 0 Å². The SMILES string of the molecule is CO[C@@H]1C[C@H]2C(=O)N[C@]3(C(=O)CS(=O)(=O)C4CC4)C[C@H]3/C=C\CCCCC[C@H](CC(=O)OC(C)(C)C)C(=O)N2C1. The van der Waals surface area contributed by atoms with Crippen molar-refractivity contribution in [2.45, 2.75) is 114 Å². The van der Waals surface area contributed by atoms with Crippen molar-refractivity contribution in [2.75, 3.05) is 19.4 Å². The van der Waals surface area contributed by atoms with Gasteiger partial charge in [0.1, 0.15) is 22.9 Å². The number of carbonyl (C=O) groups is 4. The van der Waals surface area contributed by atoms with Crippen molar-refractivity contribution in [3.05, 3.63) is 12.2 Å². The van der Waals surface area contributed by atoms with Gasteiger partial charge in [-0.05, 0) is 59.3 Å². The normalized spacial score (nSPS) is 32.6. The maximum atomic E-state index is 13.9. The largest absolute Gasteiger partial charge is 0.460 e. The number of amides is 2. The molecule has 0 bridgehead atoms. The topological polar surface area (TPSA) is 136 Å². The van der Waals surface area contributed by atoms with Crippen molar-refractivity contribution >= 4 is 33.4 Å². The van der Waals surface area contributed by atoms with E-state index >= 15 is 0 Å². The number of carbonyl (C=O) groups excluding carboxylic acids is 4. The third-order valence-corrected chi connectivity index (χ3v) is 10.5. The van der Waals surface area contributed by atoms with E-state index in [1.807, 2.05) is 12.2 Å². The van der Waals surface area contributed by atoms with Gasteiger partial charge in [0.2, 0.25) is 11.8 Å². The Bertz CT molecular complexity index is 1140. The van der Waals surface area contributed by atoms with Gasteiger partial charge in [-0.15, -0.1) is 0 Å². The summed E-state index contributed by atoms with van der Waals surface area (Å²) in [6.45, 7) is 5.52. The summed E-state index contributed by atoms with van der Waals surface area (Å²) in [5, 5.41) is 2.43. The number of methoxy groups -OCH3 is 1. The highest BCUT2D eigenvalue weighted by molar-refractivity contribution is 7.93. The standard InChI is InChI=1S/C29H44N2O8S/c1-28(2,3)39-25(33)14-19-10-8-6-5-7-9-11-20-16-29(20,24(32)18-40(36,37)22-12-13-22)30-26(34)23-15-21(38-4)17-31(23)27(19)35/h9,11,19-23H,5-8,10,12-18H2,1-4H3,(H,30,34)/b11-9-/t19-,20-,21-,23+,29-/m1/s1. The molecule has 2 saturated carbocycles. The molecule has 4 aliphatic rings. The molecule has 0 spiro atoms. The molecule has 2 aliphatic carbocycles. The van der Waals surface area contributed by atoms with Crippen molar-refractivity contribution in [2.24, 2.45) is 11.8 Å². The van der Waals surface area contributed by atoms with Crippen molar-refractivity contribution in [1.82, 2.24) is 10.2 Å². The molecular formula is C29H44N2O8S. The number of hydrogen-bond acceptors (Lipinski definition) is 8. The summed E-state index contributed by atoms with van der Waals surface area (Å²) >= 11 is 0. The zero-order chi connectivity index (χ0) is 29.3. The van der Waals surface area contributed by atoms with E-state index in [2.05, 4.69) is 5.32 Å². The van der Waals surface area contributed by atoms with Gasteiger partial charge in [-0.2, -0.15) is 0 Å². The van der Waals surface area contributed by atoms with Gasteiger partial charge in [0.25, 0.3) is 0 Å². The monoisotopic (exact) mass is 580 g/mol. The van der Waals surface area contributed by atoms with Gasteiger partial charge in [0.15, 0.2) is 15.6 Å². The van der Waals surface area contributed by atoms with Gasteiger partial charge in [-0.3, -0.25) is 19.2 Å². The Morgan fingerprint density at radius 3 is 2.50 bits per heavy atom. The second kappa shape index (κ2) is 11.9. The number of nitrogens with one attached hydrogen (secondary N) is 1. The van der Waals surface area contributed by atoms with Crippen molar-refractivity contribution in [3.63, 3.8) is 0 Å². The Kier molecular flexibility index (Phi) is 9.14. The van der Waals surface area contributed by atoms with Gasteiger partial charge >= 0.3 is 5.97 Å². The van der Waals surface area contributed by atoms with Crippen LogP contribution < -0.4 is 5.32 Å². The number of nitrogens with zero attached hydrogens (tertiary/aromatic N) is 1. The fourth-order valence-electron chi connectivity index (χ4n) is 5.90. The Balaban J connectivity index is 1.58. The number of hydrogen-bond donors (Lipinski definition) is 1. The average Bonchev–Trinajstić information content (AvgIpc) is 3.77. The highest BCUT2D eigenvalue weighted by Crippen LogP contribution is 2.47. The Morgan fingerprint density at radius 1 is 1.12 bits per heavy atom. The molecule has 3 fully saturated rings. The second-order valence-corrected chi connectivity index (χ2v) is 15.1. The predicted octanol–water partition coefficient (Wildman–Crippen LogP) is 2.49. The number of sulfone groups is 1. The zero-order valence-corrected chi connectivity index (χ0v) is 25.0. The van der Waals surface area contributed by atoms with E-state index in [0.29, 0.717) is 25.7 Å². The van der Waals surface area contributed by atoms with E-state index in [1.165, 1.54) is 12.0 Å². The third-order valence-electron chi connectivity index (χ3n) is 8.38. The molecule has 1 N–H and O–H groups in total. The molecule has 0 aromatic heterocycles. The fourth-order valence-corrected chi connectivity index (χ4v) is 7.61. The fraction of sp³-hybridized carbons (Fsp3) is 0.793. The first-order valence-corrected chi connectivity index (χ1v) is 16.3. The van der Waals surface area contributed by atoms with E-state index in [-0.39, 0.29) is 37.3 Å². The van der Waals surface area contributed by atoms with Crippen LogP contribution in [0, 0.1) is 11.8 Å². The molecule has 11 heteroatoms. The first-order chi connectivity index (χ1) is 18.8. The highest BCUT2D eigenvalue weighted by atomic mass is 32.2. The summed E-state index contributed by atoms with van der Waals surface area (Å²) in [5.74, 6) is -3.27. The number of ketones is 1. The van der Waals surface area contributed by atoms with Crippen LogP contribution in [0.25, 0.3) is 0 Å². The lowest BCUT2D eigenvalue weighted by Crippen LogP contribution is -2.54. The lowest BCUT2D eigenvalue weighted by atomic mass is 9.95. The smallest absolute Gasteiger partial charge is 0.307 e. The van der Waals surface area contributed by atoms with E-state index in [0.717, 1.165) is 25.7 Å². The maximum absolute atomic E-state index is 13.9. The van der Waals surface area contributed by atoms with Crippen molar-refractivity contribution in [1.29, 1.82) is 0 Å². The molecule has 0 aromatic carbocycles. The zero-order valence-electron chi connectivity index (χ0n) is 24.1. The average molecular weight is 581 g/mol. The Morgan fingerprint density at radius 2 is 1.85 bits per heavy atom. The van der Waals surface area contributed by atoms with Gasteiger partial charge < -0.3 is 19.7 Å². The minimum atomic E-state index is -3.55. The van der Waals surface area contributed by atoms with Crippen LogP contribution in [0.4, 0.5) is 0 Å². The molecule has 40 heavy (non-hydrogen) atoms. The summed E-state index contributed by atoms with van der Waals surface area (Å²) < 4.78 is 36.3. The maximum Gasteiger partial charge on any atom is 0.307 e. The van der Waals surface area contributed by atoms with Crippen LogP contribution in [-0.4, -0.2) is 84.8 Å². The molecule has 224 valence electrons. The second-order valence-electron chi connectivity index (χ2n) is 12.9. The molecule has 2 heterocycles. The first kappa shape index (κ1) is 30.7. The molecule has 10 nitrogen and oxygen atoms in total. The van der Waals surface area contributed by atoms with Crippen molar-refractivity contribution < 1.29 is 37.1 Å². The molecule has 2 amide bonds. The van der Waals surface area contributed by atoms with Gasteiger partial charge in [0, 0.05) is 31.9 Å². The van der Waals surface area contributed by atoms with Gasteiger partial charge in [-0.1, -0.05) is 25.0 Å². The number of fused-ring (bicyclic) bond motifs is 2. The third kappa shape index (κ3) is 7.32. The summed E-state index contributed by atoms with van der Waals surface area (Å²) in [5.41, 5.74) is -1.97. The highest BCUT2D eigenvalue weighted by Gasteiger charge is 2.61. The quantitative estimate of drug-likeness (QED) is 0.358. The molecule has 0 unspecified atom stereocenters. The molecule has 5 atom stereocenters. The summed E-state index contributed by atoms with van der Waals surface area (Å²) in [4.78, 5) is 55.2. The molecular weight excluding hydrogens is 536 g/mol. The Hall–Kier alpha value is -2.27. The molecule has 1 saturated heterocycles. The predicted molar refractivity (Wildman–Crippen MR) is 148 cm³/mol. The summed E-state index contributed by atoms with van der Waals surface area (Å²) in [7, 11) is -2.03. The lowest BCUT2D eigenvalue weighted by molar-refractivity contribution is -0.159. The van der Waals surface area contributed by atoms with Crippen LogP contribution >= 0.6 is 0 Å². The van der Waals surface area contributed by atoms with Crippen molar-refractivity contribution in [3.8, 4) is 0 Å². The number of rotatable bonds is 7.